The van der Waals surface area contributed by atoms with Crippen LogP contribution in [0.15, 0.2) is 113 Å². The summed E-state index contributed by atoms with van der Waals surface area (Å²) in [4.78, 5) is 31.0. The smallest absolute Gasteiger partial charge is 0.336 e. The van der Waals surface area contributed by atoms with Gasteiger partial charge in [-0.2, -0.15) is 13.2 Å². The first kappa shape index (κ1) is 34.9. The van der Waals surface area contributed by atoms with E-state index >= 15 is 0 Å². The van der Waals surface area contributed by atoms with Crippen molar-refractivity contribution in [3.05, 3.63) is 136 Å². The second-order valence-corrected chi connectivity index (χ2v) is 12.4. The first-order chi connectivity index (χ1) is 23.1. The van der Waals surface area contributed by atoms with Crippen molar-refractivity contribution < 1.29 is 22.4 Å². The molecular formula is C38H37F4N3O2S. The van der Waals surface area contributed by atoms with Gasteiger partial charge in [0.2, 0.25) is 5.91 Å². The van der Waals surface area contributed by atoms with Crippen LogP contribution >= 0.6 is 11.8 Å². The molecule has 5 rings (SSSR count). The number of rotatable bonds is 13. The molecule has 0 aliphatic heterocycles. The third kappa shape index (κ3) is 8.54. The van der Waals surface area contributed by atoms with Gasteiger partial charge in [-0.1, -0.05) is 80.6 Å². The maximum absolute atomic E-state index is 14.3. The number of hydrogen-bond acceptors (Lipinski definition) is 4. The molecule has 0 saturated heterocycles. The summed E-state index contributed by atoms with van der Waals surface area (Å²) in [6, 6.07) is 27.3. The van der Waals surface area contributed by atoms with E-state index in [1.54, 1.807) is 82.3 Å². The van der Waals surface area contributed by atoms with Gasteiger partial charge in [-0.15, -0.1) is 11.8 Å². The van der Waals surface area contributed by atoms with Crippen LogP contribution in [-0.2, 0) is 29.8 Å². The fourth-order valence-corrected chi connectivity index (χ4v) is 6.68. The number of para-hydroxylation sites is 1. The van der Waals surface area contributed by atoms with Gasteiger partial charge in [0.15, 0.2) is 5.43 Å². The second-order valence-electron chi connectivity index (χ2n) is 11.5. The van der Waals surface area contributed by atoms with E-state index in [0.717, 1.165) is 24.7 Å². The Bertz CT molecular complexity index is 1910. The van der Waals surface area contributed by atoms with Crippen LogP contribution in [0.3, 0.4) is 0 Å². The SMILES string of the molecule is CCN(CC)CCN(Cc1ccc(-c2ccccc2)c(C(F)(F)F)c1)C(=O)Cn1c(SCc2ccc(F)cc2)cc(=O)c2ccccc21. The lowest BCUT2D eigenvalue weighted by atomic mass is 9.97. The Morgan fingerprint density at radius 2 is 1.48 bits per heavy atom. The Morgan fingerprint density at radius 3 is 2.17 bits per heavy atom. The van der Waals surface area contributed by atoms with Crippen LogP contribution < -0.4 is 5.43 Å². The van der Waals surface area contributed by atoms with Gasteiger partial charge < -0.3 is 14.4 Å². The molecule has 0 radical (unpaired) electrons. The molecule has 1 aromatic heterocycles. The number of thioether (sulfide) groups is 1. The van der Waals surface area contributed by atoms with Crippen LogP contribution in [0.2, 0.25) is 0 Å². The normalized spacial score (nSPS) is 11.7. The standard InChI is InChI=1S/C38H37F4N3O2S/c1-3-43(4-2)20-21-44(24-28-16-19-31(29-10-6-5-7-11-29)33(22-28)38(40,41)42)36(47)25-45-34-13-9-8-12-32(34)35(46)23-37(45)48-26-27-14-17-30(39)18-15-27/h5-19,22-23H,3-4,20-21,24-26H2,1-2H3. The summed E-state index contributed by atoms with van der Waals surface area (Å²) >= 11 is 1.36. The number of hydrogen-bond donors (Lipinski definition) is 0. The zero-order valence-electron chi connectivity index (χ0n) is 26.8. The molecule has 0 N–H and O–H groups in total. The number of fused-ring (bicyclic) bond motifs is 1. The first-order valence-corrected chi connectivity index (χ1v) is 16.8. The van der Waals surface area contributed by atoms with Gasteiger partial charge in [0.05, 0.1) is 16.1 Å². The molecule has 1 amide bonds. The number of pyridine rings is 1. The zero-order chi connectivity index (χ0) is 34.3. The highest BCUT2D eigenvalue weighted by Crippen LogP contribution is 2.38. The minimum absolute atomic E-state index is 0.0194. The van der Waals surface area contributed by atoms with Gasteiger partial charge in [0.1, 0.15) is 12.4 Å². The van der Waals surface area contributed by atoms with Crippen LogP contribution in [0.5, 0.6) is 0 Å². The number of aromatic nitrogens is 1. The second kappa shape index (κ2) is 15.7. The molecule has 5 aromatic rings. The van der Waals surface area contributed by atoms with Gasteiger partial charge in [-0.3, -0.25) is 9.59 Å². The van der Waals surface area contributed by atoms with Gasteiger partial charge in [-0.25, -0.2) is 4.39 Å². The van der Waals surface area contributed by atoms with Crippen molar-refractivity contribution in [1.82, 2.24) is 14.4 Å². The topological polar surface area (TPSA) is 45.5 Å². The predicted molar refractivity (Wildman–Crippen MR) is 184 cm³/mol. The third-order valence-electron chi connectivity index (χ3n) is 8.36. The third-order valence-corrected chi connectivity index (χ3v) is 9.47. The van der Waals surface area contributed by atoms with Crippen molar-refractivity contribution in [2.75, 3.05) is 26.2 Å². The lowest BCUT2D eigenvalue weighted by Gasteiger charge is -2.28. The zero-order valence-corrected chi connectivity index (χ0v) is 27.7. The van der Waals surface area contributed by atoms with E-state index in [1.807, 2.05) is 13.8 Å². The van der Waals surface area contributed by atoms with Crippen molar-refractivity contribution >= 4 is 28.6 Å². The summed E-state index contributed by atoms with van der Waals surface area (Å²) in [5, 5.41) is 1.02. The highest BCUT2D eigenvalue weighted by Gasteiger charge is 2.34. The molecule has 10 heteroatoms. The van der Waals surface area contributed by atoms with Crippen LogP contribution in [0.25, 0.3) is 22.0 Å². The highest BCUT2D eigenvalue weighted by molar-refractivity contribution is 7.98. The molecular weight excluding hydrogens is 638 g/mol. The molecule has 0 aliphatic carbocycles. The molecule has 5 nitrogen and oxygen atoms in total. The van der Waals surface area contributed by atoms with Crippen molar-refractivity contribution in [3.8, 4) is 11.1 Å². The van der Waals surface area contributed by atoms with Gasteiger partial charge in [0.25, 0.3) is 0 Å². The van der Waals surface area contributed by atoms with E-state index < -0.39 is 11.7 Å². The van der Waals surface area contributed by atoms with Crippen LogP contribution in [-0.4, -0.2) is 46.5 Å². The predicted octanol–water partition coefficient (Wildman–Crippen LogP) is 8.49. The fourth-order valence-electron chi connectivity index (χ4n) is 5.67. The average Bonchev–Trinajstić information content (AvgIpc) is 3.09. The molecule has 0 spiro atoms. The highest BCUT2D eigenvalue weighted by atomic mass is 32.2. The largest absolute Gasteiger partial charge is 0.417 e. The monoisotopic (exact) mass is 675 g/mol. The lowest BCUT2D eigenvalue weighted by molar-refractivity contribution is -0.137. The fraction of sp³-hybridized carbons (Fsp3) is 0.263. The molecule has 1 heterocycles. The number of nitrogens with zero attached hydrogens (tertiary/aromatic N) is 3. The Labute approximate surface area is 281 Å². The Morgan fingerprint density at radius 1 is 0.812 bits per heavy atom. The average molecular weight is 676 g/mol. The summed E-state index contributed by atoms with van der Waals surface area (Å²) < 4.78 is 58.3. The van der Waals surface area contributed by atoms with E-state index in [-0.39, 0.29) is 35.8 Å². The van der Waals surface area contributed by atoms with Crippen LogP contribution in [0.4, 0.5) is 17.6 Å². The molecule has 48 heavy (non-hydrogen) atoms. The summed E-state index contributed by atoms with van der Waals surface area (Å²) in [5.74, 6) is -0.203. The van der Waals surface area contributed by atoms with Gasteiger partial charge >= 0.3 is 6.18 Å². The molecule has 0 aliphatic rings. The van der Waals surface area contributed by atoms with Crippen molar-refractivity contribution in [2.45, 2.75) is 43.9 Å². The summed E-state index contributed by atoms with van der Waals surface area (Å²) in [6.45, 7) is 6.26. The van der Waals surface area contributed by atoms with Gasteiger partial charge in [0, 0.05) is 36.8 Å². The number of amides is 1. The minimum Gasteiger partial charge on any atom is -0.336 e. The summed E-state index contributed by atoms with van der Waals surface area (Å²) in [7, 11) is 0. The molecule has 4 aromatic carbocycles. The number of carbonyl (C=O) groups is 1. The van der Waals surface area contributed by atoms with E-state index in [4.69, 9.17) is 0 Å². The van der Waals surface area contributed by atoms with E-state index in [1.165, 1.54) is 36.0 Å². The minimum atomic E-state index is -4.59. The number of carbonyl (C=O) groups excluding carboxylic acids is 1. The van der Waals surface area contributed by atoms with E-state index in [2.05, 4.69) is 4.90 Å². The van der Waals surface area contributed by atoms with E-state index in [9.17, 15) is 27.2 Å². The van der Waals surface area contributed by atoms with Crippen molar-refractivity contribution in [3.63, 3.8) is 0 Å². The maximum atomic E-state index is 14.3. The Balaban J connectivity index is 1.49. The molecule has 0 saturated carbocycles. The number of alkyl halides is 3. The Kier molecular flexibility index (Phi) is 11.4. The van der Waals surface area contributed by atoms with Crippen molar-refractivity contribution in [2.24, 2.45) is 0 Å². The van der Waals surface area contributed by atoms with E-state index in [0.29, 0.717) is 45.9 Å². The number of halogens is 4. The molecule has 0 unspecified atom stereocenters. The van der Waals surface area contributed by atoms with Gasteiger partial charge in [-0.05, 0) is 65.7 Å². The van der Waals surface area contributed by atoms with Crippen molar-refractivity contribution in [1.29, 1.82) is 0 Å². The lowest BCUT2D eigenvalue weighted by Crippen LogP contribution is -2.40. The maximum Gasteiger partial charge on any atom is 0.417 e. The molecule has 250 valence electrons. The molecule has 0 atom stereocenters. The Hall–Kier alpha value is -4.41. The molecule has 0 fully saturated rings. The number of benzene rings is 4. The first-order valence-electron chi connectivity index (χ1n) is 15.8. The number of likely N-dealkylation sites (N-methyl/N-ethyl adjacent to an activating group) is 1. The quantitative estimate of drug-likeness (QED) is 0.0928. The van der Waals surface area contributed by atoms with Crippen LogP contribution in [0, 0.1) is 5.82 Å². The summed E-state index contributed by atoms with van der Waals surface area (Å²) in [5.41, 5.74) is 1.39. The summed E-state index contributed by atoms with van der Waals surface area (Å²) in [6.07, 6.45) is -4.59. The molecule has 0 bridgehead atoms. The van der Waals surface area contributed by atoms with Crippen LogP contribution in [0.1, 0.15) is 30.5 Å².